The van der Waals surface area contributed by atoms with Gasteiger partial charge in [0.15, 0.2) is 5.92 Å². The molecule has 1 aliphatic rings. The van der Waals surface area contributed by atoms with E-state index in [0.717, 1.165) is 5.56 Å². The third-order valence-corrected chi connectivity index (χ3v) is 2.46. The van der Waals surface area contributed by atoms with E-state index in [1.807, 2.05) is 30.3 Å². The molecule has 4 heteroatoms. The summed E-state index contributed by atoms with van der Waals surface area (Å²) >= 11 is 0. The van der Waals surface area contributed by atoms with E-state index >= 15 is 0 Å². The Morgan fingerprint density at radius 1 is 1.33 bits per heavy atom. The maximum absolute atomic E-state index is 11.2. The van der Waals surface area contributed by atoms with Crippen LogP contribution in [-0.2, 0) is 14.3 Å². The molecule has 2 rings (SSSR count). The molecule has 1 aliphatic heterocycles. The van der Waals surface area contributed by atoms with Crippen LogP contribution in [0.15, 0.2) is 30.3 Å². The number of aliphatic carboxylic acids is 1. The maximum atomic E-state index is 11.2. The number of hydrogen-bond donors (Lipinski definition) is 1. The molecular formula is C11H10O4. The van der Waals surface area contributed by atoms with Gasteiger partial charge in [0.1, 0.15) is 6.10 Å². The predicted octanol–water partition coefficient (Wildman–Crippen LogP) is 1.38. The highest BCUT2D eigenvalue weighted by Crippen LogP contribution is 2.33. The Balaban J connectivity index is 2.16. The lowest BCUT2D eigenvalue weighted by Crippen LogP contribution is -2.17. The molecule has 1 aromatic rings. The van der Waals surface area contributed by atoms with Crippen LogP contribution in [0.1, 0.15) is 18.1 Å². The van der Waals surface area contributed by atoms with Gasteiger partial charge in [0, 0.05) is 6.42 Å². The minimum absolute atomic E-state index is 0.220. The number of ether oxygens (including phenoxy) is 1. The molecule has 1 aromatic carbocycles. The third kappa shape index (κ3) is 1.83. The Morgan fingerprint density at radius 2 is 2.00 bits per heavy atom. The second kappa shape index (κ2) is 3.73. The molecule has 78 valence electrons. The quantitative estimate of drug-likeness (QED) is 0.586. The lowest BCUT2D eigenvalue weighted by Gasteiger charge is -2.07. The van der Waals surface area contributed by atoms with E-state index in [1.165, 1.54) is 0 Å². The Hall–Kier alpha value is -1.84. The van der Waals surface area contributed by atoms with Crippen LogP contribution in [0.2, 0.25) is 0 Å². The van der Waals surface area contributed by atoms with Gasteiger partial charge in [-0.2, -0.15) is 0 Å². The van der Waals surface area contributed by atoms with Crippen molar-refractivity contribution < 1.29 is 19.4 Å². The van der Waals surface area contributed by atoms with Crippen LogP contribution in [0.4, 0.5) is 0 Å². The summed E-state index contributed by atoms with van der Waals surface area (Å²) in [5.41, 5.74) is 0.842. The van der Waals surface area contributed by atoms with Crippen molar-refractivity contribution in [3.8, 4) is 0 Å². The van der Waals surface area contributed by atoms with E-state index in [1.54, 1.807) is 0 Å². The molecule has 0 aliphatic carbocycles. The van der Waals surface area contributed by atoms with Crippen molar-refractivity contribution in [1.82, 2.24) is 0 Å². The van der Waals surface area contributed by atoms with Crippen molar-refractivity contribution in [3.05, 3.63) is 35.9 Å². The van der Waals surface area contributed by atoms with Gasteiger partial charge in [0.2, 0.25) is 0 Å². The molecule has 0 aromatic heterocycles. The van der Waals surface area contributed by atoms with E-state index in [9.17, 15) is 9.59 Å². The Kier molecular flexibility index (Phi) is 2.41. The van der Waals surface area contributed by atoms with E-state index in [2.05, 4.69) is 0 Å². The van der Waals surface area contributed by atoms with Crippen LogP contribution in [0.25, 0.3) is 0 Å². The van der Waals surface area contributed by atoms with Crippen molar-refractivity contribution >= 4 is 11.9 Å². The van der Waals surface area contributed by atoms with Crippen LogP contribution in [0.5, 0.6) is 0 Å². The fourth-order valence-electron chi connectivity index (χ4n) is 1.65. The summed E-state index contributed by atoms with van der Waals surface area (Å²) in [7, 11) is 0. The van der Waals surface area contributed by atoms with Crippen molar-refractivity contribution in [1.29, 1.82) is 0 Å². The minimum atomic E-state index is -1.11. The monoisotopic (exact) mass is 206 g/mol. The fourth-order valence-corrected chi connectivity index (χ4v) is 1.65. The van der Waals surface area contributed by atoms with Crippen molar-refractivity contribution in [2.24, 2.45) is 5.92 Å². The number of cyclic esters (lactones) is 1. The summed E-state index contributed by atoms with van der Waals surface area (Å²) in [5, 5.41) is 8.75. The molecular weight excluding hydrogens is 196 g/mol. The molecule has 0 spiro atoms. The summed E-state index contributed by atoms with van der Waals surface area (Å²) in [5.74, 6) is -2.77. The van der Waals surface area contributed by atoms with Gasteiger partial charge in [-0.25, -0.2) is 0 Å². The topological polar surface area (TPSA) is 63.6 Å². The highest BCUT2D eigenvalue weighted by Gasteiger charge is 2.40. The first-order chi connectivity index (χ1) is 7.18. The van der Waals surface area contributed by atoms with Crippen LogP contribution >= 0.6 is 0 Å². The van der Waals surface area contributed by atoms with Gasteiger partial charge in [-0.05, 0) is 5.56 Å². The summed E-state index contributed by atoms with van der Waals surface area (Å²) in [6.45, 7) is 0. The normalized spacial score (nSPS) is 24.9. The van der Waals surface area contributed by atoms with Crippen LogP contribution in [-0.4, -0.2) is 17.0 Å². The van der Waals surface area contributed by atoms with Gasteiger partial charge in [0.25, 0.3) is 0 Å². The molecule has 0 radical (unpaired) electrons. The predicted molar refractivity (Wildman–Crippen MR) is 51.0 cm³/mol. The number of esters is 1. The number of carbonyl (C=O) groups excluding carboxylic acids is 1. The standard InChI is InChI=1S/C11H10O4/c12-10(13)8-6-9(15-11(8)14)7-4-2-1-3-5-7/h1-5,8-9H,6H2,(H,12,13)/t8-,9+/m0/s1. The van der Waals surface area contributed by atoms with Crippen molar-refractivity contribution in [2.45, 2.75) is 12.5 Å². The molecule has 1 heterocycles. The summed E-state index contributed by atoms with van der Waals surface area (Å²) in [6, 6.07) is 9.16. The van der Waals surface area contributed by atoms with Gasteiger partial charge < -0.3 is 9.84 Å². The Morgan fingerprint density at radius 3 is 2.53 bits per heavy atom. The summed E-state index contributed by atoms with van der Waals surface area (Å²) in [4.78, 5) is 21.9. The second-order valence-electron chi connectivity index (χ2n) is 3.46. The molecule has 1 fully saturated rings. The zero-order chi connectivity index (χ0) is 10.8. The van der Waals surface area contributed by atoms with Gasteiger partial charge in [0.05, 0.1) is 0 Å². The zero-order valence-electron chi connectivity index (χ0n) is 7.92. The number of hydrogen-bond acceptors (Lipinski definition) is 3. The lowest BCUT2D eigenvalue weighted by atomic mass is 10.0. The molecule has 1 N–H and O–H groups in total. The molecule has 1 saturated heterocycles. The molecule has 0 bridgehead atoms. The summed E-state index contributed by atoms with van der Waals surface area (Å²) < 4.78 is 5.00. The maximum Gasteiger partial charge on any atom is 0.321 e. The van der Waals surface area contributed by atoms with Gasteiger partial charge >= 0.3 is 11.9 Å². The number of carbonyl (C=O) groups is 2. The number of carboxylic acid groups (broad SMARTS) is 1. The van der Waals surface area contributed by atoms with Gasteiger partial charge in [-0.1, -0.05) is 30.3 Å². The minimum Gasteiger partial charge on any atom is -0.481 e. The van der Waals surface area contributed by atoms with E-state index in [0.29, 0.717) is 0 Å². The lowest BCUT2D eigenvalue weighted by molar-refractivity contribution is -0.153. The summed E-state index contributed by atoms with van der Waals surface area (Å²) in [6.07, 6.45) is -0.196. The molecule has 15 heavy (non-hydrogen) atoms. The van der Waals surface area contributed by atoms with Crippen molar-refractivity contribution in [2.75, 3.05) is 0 Å². The third-order valence-electron chi connectivity index (χ3n) is 2.46. The Labute approximate surface area is 86.5 Å². The van der Waals surface area contributed by atoms with E-state index in [4.69, 9.17) is 9.84 Å². The molecule has 0 unspecified atom stereocenters. The molecule has 4 nitrogen and oxygen atoms in total. The number of rotatable bonds is 2. The Bertz CT molecular complexity index is 385. The second-order valence-corrected chi connectivity index (χ2v) is 3.46. The first kappa shape index (κ1) is 9.71. The zero-order valence-corrected chi connectivity index (χ0v) is 7.92. The van der Waals surface area contributed by atoms with Gasteiger partial charge in [-0.15, -0.1) is 0 Å². The van der Waals surface area contributed by atoms with E-state index < -0.39 is 24.0 Å². The van der Waals surface area contributed by atoms with Crippen molar-refractivity contribution in [3.63, 3.8) is 0 Å². The number of benzene rings is 1. The average Bonchev–Trinajstić information content (AvgIpc) is 2.62. The SMILES string of the molecule is O=C(O)[C@@H]1C[C@H](c2ccccc2)OC1=O. The first-order valence-corrected chi connectivity index (χ1v) is 4.66. The van der Waals surface area contributed by atoms with Crippen LogP contribution in [0, 0.1) is 5.92 Å². The van der Waals surface area contributed by atoms with Crippen LogP contribution in [0.3, 0.4) is 0 Å². The van der Waals surface area contributed by atoms with E-state index in [-0.39, 0.29) is 6.42 Å². The molecule has 0 saturated carbocycles. The number of carboxylic acids is 1. The molecule has 2 atom stereocenters. The first-order valence-electron chi connectivity index (χ1n) is 4.66. The fraction of sp³-hybridized carbons (Fsp3) is 0.273. The average molecular weight is 206 g/mol. The highest BCUT2D eigenvalue weighted by atomic mass is 16.6. The largest absolute Gasteiger partial charge is 0.481 e. The van der Waals surface area contributed by atoms with Gasteiger partial charge in [-0.3, -0.25) is 9.59 Å². The van der Waals surface area contributed by atoms with Crippen LogP contribution < -0.4 is 0 Å². The molecule has 0 amide bonds. The highest BCUT2D eigenvalue weighted by molar-refractivity contribution is 5.95. The smallest absolute Gasteiger partial charge is 0.321 e.